The quantitative estimate of drug-likeness (QED) is 0.445. The maximum atomic E-state index is 11.2. The van der Waals surface area contributed by atoms with Gasteiger partial charge in [-0.3, -0.25) is 0 Å². The van der Waals surface area contributed by atoms with Gasteiger partial charge < -0.3 is 10.5 Å². The van der Waals surface area contributed by atoms with Crippen LogP contribution in [0.2, 0.25) is 0 Å². The lowest BCUT2D eigenvalue weighted by Crippen LogP contribution is -2.06. The number of halogens is 2. The van der Waals surface area contributed by atoms with Gasteiger partial charge >= 0.3 is 5.97 Å². The second kappa shape index (κ2) is 4.45. The van der Waals surface area contributed by atoms with E-state index in [0.717, 1.165) is 7.14 Å². The largest absolute Gasteiger partial charge is 0.465 e. The summed E-state index contributed by atoms with van der Waals surface area (Å²) < 4.78 is 6.30. The molecule has 0 radical (unpaired) electrons. The Morgan fingerprint density at radius 3 is 2.62 bits per heavy atom. The van der Waals surface area contributed by atoms with Gasteiger partial charge in [-0.05, 0) is 57.3 Å². The molecule has 0 aliphatic heterocycles. The van der Waals surface area contributed by atoms with Crippen molar-refractivity contribution < 1.29 is 9.53 Å². The Balaban J connectivity index is 3.26. The minimum Gasteiger partial charge on any atom is -0.465 e. The van der Waals surface area contributed by atoms with Crippen molar-refractivity contribution in [2.45, 2.75) is 0 Å². The van der Waals surface area contributed by atoms with Crippen molar-refractivity contribution >= 4 is 56.8 Å². The van der Waals surface area contributed by atoms with Crippen LogP contribution in [0.1, 0.15) is 10.4 Å². The van der Waals surface area contributed by atoms with Crippen LogP contribution < -0.4 is 5.73 Å². The van der Waals surface area contributed by atoms with Crippen molar-refractivity contribution in [2.75, 3.05) is 12.8 Å². The Bertz CT molecular complexity index is 352. The van der Waals surface area contributed by atoms with Crippen LogP contribution in [0.15, 0.2) is 12.1 Å². The van der Waals surface area contributed by atoms with Gasteiger partial charge in [-0.25, -0.2) is 4.79 Å². The minimum atomic E-state index is -0.354. The first-order valence-corrected chi connectivity index (χ1v) is 5.55. The Hall–Kier alpha value is -0.0500. The van der Waals surface area contributed by atoms with Gasteiger partial charge in [-0.2, -0.15) is 0 Å². The molecule has 70 valence electrons. The predicted molar refractivity (Wildman–Crippen MR) is 67.6 cm³/mol. The van der Waals surface area contributed by atoms with E-state index in [4.69, 9.17) is 5.73 Å². The molecule has 2 N–H and O–H groups in total. The molecule has 5 heteroatoms. The Kier molecular flexibility index (Phi) is 3.77. The van der Waals surface area contributed by atoms with E-state index in [-0.39, 0.29) is 5.97 Å². The van der Waals surface area contributed by atoms with Crippen LogP contribution in [-0.2, 0) is 4.74 Å². The number of carbonyl (C=O) groups excluding carboxylic acids is 1. The number of carbonyl (C=O) groups is 1. The van der Waals surface area contributed by atoms with Crippen LogP contribution in [0.5, 0.6) is 0 Å². The average molecular weight is 403 g/mol. The SMILES string of the molecule is COC(=O)c1ccc(I)c(N)c1I. The van der Waals surface area contributed by atoms with Crippen LogP contribution in [0.4, 0.5) is 5.69 Å². The Morgan fingerprint density at radius 1 is 1.46 bits per heavy atom. The molecular formula is C8H7I2NO2. The van der Waals surface area contributed by atoms with E-state index < -0.39 is 0 Å². The van der Waals surface area contributed by atoms with E-state index in [1.807, 2.05) is 22.6 Å². The van der Waals surface area contributed by atoms with Crippen molar-refractivity contribution in [3.05, 3.63) is 24.8 Å². The van der Waals surface area contributed by atoms with Crippen LogP contribution in [-0.4, -0.2) is 13.1 Å². The van der Waals surface area contributed by atoms with Crippen molar-refractivity contribution in [3.63, 3.8) is 0 Å². The van der Waals surface area contributed by atoms with E-state index in [1.54, 1.807) is 12.1 Å². The van der Waals surface area contributed by atoms with E-state index in [1.165, 1.54) is 7.11 Å². The van der Waals surface area contributed by atoms with Crippen molar-refractivity contribution in [1.29, 1.82) is 0 Å². The second-order valence-corrected chi connectivity index (χ2v) is 4.56. The summed E-state index contributed by atoms with van der Waals surface area (Å²) in [7, 11) is 1.35. The lowest BCUT2D eigenvalue weighted by atomic mass is 10.2. The zero-order valence-corrected chi connectivity index (χ0v) is 11.1. The van der Waals surface area contributed by atoms with Crippen molar-refractivity contribution in [2.24, 2.45) is 0 Å². The van der Waals surface area contributed by atoms with Gasteiger partial charge in [0.2, 0.25) is 0 Å². The number of benzene rings is 1. The van der Waals surface area contributed by atoms with Crippen molar-refractivity contribution in [3.8, 4) is 0 Å². The highest BCUT2D eigenvalue weighted by Gasteiger charge is 2.13. The molecule has 0 bridgehead atoms. The van der Waals surface area contributed by atoms with Gasteiger partial charge in [-0.15, -0.1) is 0 Å². The Labute approximate surface area is 103 Å². The molecule has 0 atom stereocenters. The van der Waals surface area contributed by atoms with Gasteiger partial charge in [0.15, 0.2) is 0 Å². The smallest absolute Gasteiger partial charge is 0.339 e. The number of ether oxygens (including phenoxy) is 1. The molecule has 0 unspecified atom stereocenters. The first-order chi connectivity index (χ1) is 6.07. The fraction of sp³-hybridized carbons (Fsp3) is 0.125. The summed E-state index contributed by atoms with van der Waals surface area (Å²) in [5.41, 5.74) is 6.90. The van der Waals surface area contributed by atoms with Crippen molar-refractivity contribution in [1.82, 2.24) is 0 Å². The molecule has 1 rings (SSSR count). The van der Waals surface area contributed by atoms with Crippen LogP contribution in [0.3, 0.4) is 0 Å². The second-order valence-electron chi connectivity index (χ2n) is 2.31. The summed E-state index contributed by atoms with van der Waals surface area (Å²) in [6.07, 6.45) is 0. The molecular weight excluding hydrogens is 396 g/mol. The molecule has 0 aliphatic carbocycles. The molecule has 0 aliphatic rings. The van der Waals surface area contributed by atoms with Gasteiger partial charge in [0.1, 0.15) is 0 Å². The maximum Gasteiger partial charge on any atom is 0.339 e. The number of rotatable bonds is 1. The first kappa shape index (κ1) is 11.0. The summed E-state index contributed by atoms with van der Waals surface area (Å²) in [5.74, 6) is -0.354. The summed E-state index contributed by atoms with van der Waals surface area (Å²) >= 11 is 4.16. The first-order valence-electron chi connectivity index (χ1n) is 3.39. The molecule has 0 amide bonds. The number of esters is 1. The zero-order chi connectivity index (χ0) is 10.0. The molecule has 0 saturated heterocycles. The molecule has 13 heavy (non-hydrogen) atoms. The molecule has 1 aromatic rings. The van der Waals surface area contributed by atoms with Gasteiger partial charge in [0.05, 0.1) is 21.9 Å². The third-order valence-electron chi connectivity index (χ3n) is 1.53. The van der Waals surface area contributed by atoms with Crippen LogP contribution in [0.25, 0.3) is 0 Å². The van der Waals surface area contributed by atoms with Gasteiger partial charge in [0.25, 0.3) is 0 Å². The highest BCUT2D eigenvalue weighted by Crippen LogP contribution is 2.25. The van der Waals surface area contributed by atoms with E-state index >= 15 is 0 Å². The standard InChI is InChI=1S/C8H7I2NO2/c1-13-8(12)4-2-3-5(9)7(11)6(4)10/h2-3H,11H2,1H3. The minimum absolute atomic E-state index is 0.354. The monoisotopic (exact) mass is 403 g/mol. The molecule has 0 aromatic heterocycles. The molecule has 1 aromatic carbocycles. The van der Waals surface area contributed by atoms with E-state index in [0.29, 0.717) is 11.3 Å². The lowest BCUT2D eigenvalue weighted by Gasteiger charge is -2.06. The lowest BCUT2D eigenvalue weighted by molar-refractivity contribution is 0.0599. The topological polar surface area (TPSA) is 52.3 Å². The number of nitrogen functional groups attached to an aromatic ring is 1. The van der Waals surface area contributed by atoms with E-state index in [9.17, 15) is 4.79 Å². The molecule has 0 heterocycles. The third kappa shape index (κ3) is 2.25. The normalized spacial score (nSPS) is 9.77. The highest BCUT2D eigenvalue weighted by molar-refractivity contribution is 14.1. The summed E-state index contributed by atoms with van der Waals surface area (Å²) in [4.78, 5) is 11.2. The molecule has 0 saturated carbocycles. The summed E-state index contributed by atoms with van der Waals surface area (Å²) in [6, 6.07) is 3.51. The summed E-state index contributed by atoms with van der Waals surface area (Å²) in [6.45, 7) is 0. The van der Waals surface area contributed by atoms with Gasteiger partial charge in [-0.1, -0.05) is 0 Å². The number of nitrogens with two attached hydrogens (primary N) is 1. The maximum absolute atomic E-state index is 11.2. The third-order valence-corrected chi connectivity index (χ3v) is 3.63. The predicted octanol–water partition coefficient (Wildman–Crippen LogP) is 2.26. The fourth-order valence-corrected chi connectivity index (χ4v) is 2.49. The number of hydrogen-bond donors (Lipinski definition) is 1. The zero-order valence-electron chi connectivity index (χ0n) is 6.80. The number of methoxy groups -OCH3 is 1. The fourth-order valence-electron chi connectivity index (χ4n) is 0.837. The van der Waals surface area contributed by atoms with E-state index in [2.05, 4.69) is 27.3 Å². The number of anilines is 1. The highest BCUT2D eigenvalue weighted by atomic mass is 127. The Morgan fingerprint density at radius 2 is 2.08 bits per heavy atom. The number of hydrogen-bond acceptors (Lipinski definition) is 3. The average Bonchev–Trinajstić information content (AvgIpc) is 2.13. The van der Waals surface area contributed by atoms with Crippen LogP contribution in [0, 0.1) is 7.14 Å². The summed E-state index contributed by atoms with van der Waals surface area (Å²) in [5, 5.41) is 0. The van der Waals surface area contributed by atoms with Crippen LogP contribution >= 0.6 is 45.2 Å². The van der Waals surface area contributed by atoms with Gasteiger partial charge in [0, 0.05) is 3.57 Å². The molecule has 3 nitrogen and oxygen atoms in total. The molecule has 0 spiro atoms. The molecule has 0 fully saturated rings.